The second-order valence-electron chi connectivity index (χ2n) is 8.59. The Hall–Kier alpha value is -1.98. The van der Waals surface area contributed by atoms with Gasteiger partial charge in [-0.2, -0.15) is 0 Å². The Morgan fingerprint density at radius 1 is 1.12 bits per heavy atom. The summed E-state index contributed by atoms with van der Waals surface area (Å²) in [5.41, 5.74) is 3.38. The Labute approximate surface area is 201 Å². The lowest BCUT2D eigenvalue weighted by molar-refractivity contribution is -0.139. The molecule has 1 aliphatic rings. The van der Waals surface area contributed by atoms with Gasteiger partial charge in [-0.15, -0.1) is 11.8 Å². The zero-order valence-corrected chi connectivity index (χ0v) is 20.6. The van der Waals surface area contributed by atoms with E-state index in [0.717, 1.165) is 37.0 Å². The summed E-state index contributed by atoms with van der Waals surface area (Å²) in [5.74, 6) is 0.994. The molecule has 1 atom stereocenters. The molecular weight excluding hydrogens is 440 g/mol. The number of benzene rings is 2. The van der Waals surface area contributed by atoms with Crippen LogP contribution in [0, 0.1) is 6.92 Å². The predicted molar refractivity (Wildman–Crippen MR) is 134 cm³/mol. The van der Waals surface area contributed by atoms with Crippen LogP contribution in [0.3, 0.4) is 0 Å². The minimum absolute atomic E-state index is 0.0325. The van der Waals surface area contributed by atoms with E-state index in [4.69, 9.17) is 11.6 Å². The van der Waals surface area contributed by atoms with E-state index in [9.17, 15) is 9.59 Å². The molecule has 0 aromatic heterocycles. The summed E-state index contributed by atoms with van der Waals surface area (Å²) in [4.78, 5) is 27.9. The van der Waals surface area contributed by atoms with E-state index in [1.54, 1.807) is 16.7 Å². The van der Waals surface area contributed by atoms with E-state index in [0.29, 0.717) is 17.3 Å². The van der Waals surface area contributed by atoms with Gasteiger partial charge in [0.05, 0.1) is 5.75 Å². The SMILES string of the molecule is Cc1ccccc1CSCC(=O)N(Cc1cccc(Cl)c1)[C@H](C)C(=O)NC1CCCCC1. The topological polar surface area (TPSA) is 49.4 Å². The Morgan fingerprint density at radius 2 is 1.88 bits per heavy atom. The Bertz CT molecular complexity index is 914. The number of amides is 2. The van der Waals surface area contributed by atoms with E-state index in [-0.39, 0.29) is 17.9 Å². The maximum absolute atomic E-state index is 13.2. The van der Waals surface area contributed by atoms with E-state index in [2.05, 4.69) is 24.4 Å². The van der Waals surface area contributed by atoms with Gasteiger partial charge in [0, 0.05) is 23.4 Å². The molecule has 3 rings (SSSR count). The van der Waals surface area contributed by atoms with Gasteiger partial charge in [0.25, 0.3) is 0 Å². The van der Waals surface area contributed by atoms with Crippen LogP contribution in [0.2, 0.25) is 5.02 Å². The lowest BCUT2D eigenvalue weighted by Gasteiger charge is -2.31. The molecule has 2 aromatic rings. The second-order valence-corrected chi connectivity index (χ2v) is 10.0. The molecule has 0 unspecified atom stereocenters. The first-order valence-corrected chi connectivity index (χ1v) is 12.9. The van der Waals surface area contributed by atoms with Gasteiger partial charge >= 0.3 is 0 Å². The monoisotopic (exact) mass is 472 g/mol. The molecular formula is C26H33ClN2O2S. The molecule has 172 valence electrons. The largest absolute Gasteiger partial charge is 0.352 e. The van der Waals surface area contributed by atoms with Crippen LogP contribution in [0.4, 0.5) is 0 Å². The van der Waals surface area contributed by atoms with Crippen molar-refractivity contribution in [3.05, 3.63) is 70.2 Å². The maximum atomic E-state index is 13.2. The first-order valence-electron chi connectivity index (χ1n) is 11.4. The summed E-state index contributed by atoms with van der Waals surface area (Å²) in [6.07, 6.45) is 5.58. The fourth-order valence-electron chi connectivity index (χ4n) is 4.09. The molecule has 1 aliphatic carbocycles. The standard InChI is InChI=1S/C26H33ClN2O2S/c1-19-9-6-7-11-22(19)17-32-18-25(30)29(16-21-10-8-12-23(27)15-21)20(2)26(31)28-24-13-4-3-5-14-24/h6-12,15,20,24H,3-5,13-14,16-18H2,1-2H3,(H,28,31)/t20-/m1/s1. The number of hydrogen-bond acceptors (Lipinski definition) is 3. The summed E-state index contributed by atoms with van der Waals surface area (Å²) < 4.78 is 0. The fraction of sp³-hybridized carbons (Fsp3) is 0.462. The number of nitrogens with zero attached hydrogens (tertiary/aromatic N) is 1. The third kappa shape index (κ3) is 7.28. The van der Waals surface area contributed by atoms with Gasteiger partial charge in [0.15, 0.2) is 0 Å². The van der Waals surface area contributed by atoms with Crippen molar-refractivity contribution >= 4 is 35.2 Å². The summed E-state index contributed by atoms with van der Waals surface area (Å²) in [5, 5.41) is 3.80. The maximum Gasteiger partial charge on any atom is 0.242 e. The zero-order chi connectivity index (χ0) is 22.9. The van der Waals surface area contributed by atoms with Crippen LogP contribution >= 0.6 is 23.4 Å². The highest BCUT2D eigenvalue weighted by molar-refractivity contribution is 7.99. The first-order chi connectivity index (χ1) is 15.4. The highest BCUT2D eigenvalue weighted by Gasteiger charge is 2.28. The molecule has 0 heterocycles. The van der Waals surface area contributed by atoms with E-state index >= 15 is 0 Å². The van der Waals surface area contributed by atoms with Crippen molar-refractivity contribution in [2.75, 3.05) is 5.75 Å². The van der Waals surface area contributed by atoms with Crippen LogP contribution in [0.5, 0.6) is 0 Å². The molecule has 2 amide bonds. The van der Waals surface area contributed by atoms with E-state index in [1.165, 1.54) is 17.5 Å². The van der Waals surface area contributed by atoms with Crippen molar-refractivity contribution in [3.63, 3.8) is 0 Å². The van der Waals surface area contributed by atoms with Gasteiger partial charge in [-0.05, 0) is 55.5 Å². The van der Waals surface area contributed by atoms with Crippen LogP contribution < -0.4 is 5.32 Å². The third-order valence-corrected chi connectivity index (χ3v) is 7.31. The van der Waals surface area contributed by atoms with Crippen LogP contribution in [-0.4, -0.2) is 34.6 Å². The fourth-order valence-corrected chi connectivity index (χ4v) is 5.29. The highest BCUT2D eigenvalue weighted by atomic mass is 35.5. The van der Waals surface area contributed by atoms with E-state index in [1.807, 2.05) is 43.3 Å². The molecule has 0 aliphatic heterocycles. The van der Waals surface area contributed by atoms with Gasteiger partial charge in [-0.25, -0.2) is 0 Å². The Morgan fingerprint density at radius 3 is 2.59 bits per heavy atom. The van der Waals surface area contributed by atoms with Crippen molar-refractivity contribution in [2.45, 2.75) is 70.3 Å². The Kier molecular flexibility index (Phi) is 9.49. The zero-order valence-electron chi connectivity index (χ0n) is 19.0. The molecule has 1 fully saturated rings. The molecule has 32 heavy (non-hydrogen) atoms. The molecule has 0 spiro atoms. The van der Waals surface area contributed by atoms with Gasteiger partial charge in [-0.3, -0.25) is 9.59 Å². The predicted octanol–water partition coefficient (Wildman–Crippen LogP) is 5.75. The van der Waals surface area contributed by atoms with E-state index < -0.39 is 6.04 Å². The number of halogens is 1. The first kappa shape index (κ1) is 24.7. The van der Waals surface area contributed by atoms with Crippen LogP contribution in [0.25, 0.3) is 0 Å². The minimum atomic E-state index is -0.539. The molecule has 2 aromatic carbocycles. The third-order valence-electron chi connectivity index (χ3n) is 6.11. The number of hydrogen-bond donors (Lipinski definition) is 1. The lowest BCUT2D eigenvalue weighted by atomic mass is 9.95. The van der Waals surface area contributed by atoms with Gasteiger partial charge < -0.3 is 10.2 Å². The quantitative estimate of drug-likeness (QED) is 0.505. The number of carbonyl (C=O) groups excluding carboxylic acids is 2. The average Bonchev–Trinajstić information content (AvgIpc) is 2.79. The Balaban J connectivity index is 1.66. The second kappa shape index (κ2) is 12.3. The average molecular weight is 473 g/mol. The molecule has 1 N–H and O–H groups in total. The smallest absolute Gasteiger partial charge is 0.242 e. The van der Waals surface area contributed by atoms with Crippen molar-refractivity contribution in [2.24, 2.45) is 0 Å². The normalized spacial score (nSPS) is 15.2. The van der Waals surface area contributed by atoms with Gasteiger partial charge in [0.1, 0.15) is 6.04 Å². The number of carbonyl (C=O) groups is 2. The van der Waals surface area contributed by atoms with Crippen molar-refractivity contribution in [1.29, 1.82) is 0 Å². The van der Waals surface area contributed by atoms with Crippen molar-refractivity contribution in [3.8, 4) is 0 Å². The molecule has 0 radical (unpaired) electrons. The number of aryl methyl sites for hydroxylation is 1. The summed E-state index contributed by atoms with van der Waals surface area (Å²) in [6.45, 7) is 4.27. The van der Waals surface area contributed by atoms with Crippen molar-refractivity contribution < 1.29 is 9.59 Å². The minimum Gasteiger partial charge on any atom is -0.352 e. The molecule has 6 heteroatoms. The molecule has 0 bridgehead atoms. The van der Waals surface area contributed by atoms with Gasteiger partial charge in [-0.1, -0.05) is 67.3 Å². The van der Waals surface area contributed by atoms with Crippen LogP contribution in [-0.2, 0) is 21.9 Å². The number of nitrogens with one attached hydrogen (secondary N) is 1. The molecule has 4 nitrogen and oxygen atoms in total. The molecule has 0 saturated heterocycles. The van der Waals surface area contributed by atoms with Gasteiger partial charge in [0.2, 0.25) is 11.8 Å². The molecule has 1 saturated carbocycles. The van der Waals surface area contributed by atoms with Crippen molar-refractivity contribution in [1.82, 2.24) is 10.2 Å². The van der Waals surface area contributed by atoms with Crippen LogP contribution in [0.1, 0.15) is 55.7 Å². The number of thioether (sulfide) groups is 1. The summed E-state index contributed by atoms with van der Waals surface area (Å²) in [7, 11) is 0. The van der Waals surface area contributed by atoms with Crippen LogP contribution in [0.15, 0.2) is 48.5 Å². The highest BCUT2D eigenvalue weighted by Crippen LogP contribution is 2.21. The summed E-state index contributed by atoms with van der Waals surface area (Å²) >= 11 is 7.74. The number of rotatable bonds is 9. The lowest BCUT2D eigenvalue weighted by Crippen LogP contribution is -2.50. The summed E-state index contributed by atoms with van der Waals surface area (Å²) in [6, 6.07) is 15.4.